The average Bonchev–Trinajstić information content (AvgIpc) is 2.43. The molecule has 146 valence electrons. The van der Waals surface area contributed by atoms with Crippen molar-refractivity contribution < 1.29 is 28.0 Å². The molecule has 0 amide bonds. The van der Waals surface area contributed by atoms with Crippen molar-refractivity contribution in [3.63, 3.8) is 0 Å². The molecule has 0 heterocycles. The van der Waals surface area contributed by atoms with Gasteiger partial charge in [-0.15, -0.1) is 0 Å². The highest BCUT2D eigenvalue weighted by Crippen LogP contribution is 2.31. The van der Waals surface area contributed by atoms with E-state index in [9.17, 15) is 28.5 Å². The first-order valence-electron chi connectivity index (χ1n) is 8.10. The van der Waals surface area contributed by atoms with Gasteiger partial charge in [-0.3, -0.25) is 14.9 Å². The molecule has 0 aliphatic carbocycles. The van der Waals surface area contributed by atoms with Crippen LogP contribution in [0.4, 0.5) is 14.5 Å². The molecule has 0 spiro atoms. The molecule has 0 bridgehead atoms. The zero-order valence-corrected chi connectivity index (χ0v) is 15.8. The highest BCUT2D eigenvalue weighted by Gasteiger charge is 2.31. The predicted molar refractivity (Wildman–Crippen MR) is 92.8 cm³/mol. The van der Waals surface area contributed by atoms with Gasteiger partial charge in [0.25, 0.3) is 0 Å². The fourth-order valence-corrected chi connectivity index (χ4v) is 1.82. The van der Waals surface area contributed by atoms with Crippen LogP contribution < -0.4 is 0 Å². The summed E-state index contributed by atoms with van der Waals surface area (Å²) in [6, 6.07) is 1.18. The van der Waals surface area contributed by atoms with Crippen molar-refractivity contribution in [1.29, 1.82) is 0 Å². The molecule has 1 aromatic carbocycles. The summed E-state index contributed by atoms with van der Waals surface area (Å²) in [6.07, 6.45) is 1.64. The minimum absolute atomic E-state index is 0.346. The molecule has 8 heteroatoms. The van der Waals surface area contributed by atoms with Gasteiger partial charge in [0, 0.05) is 18.1 Å². The van der Waals surface area contributed by atoms with Crippen molar-refractivity contribution in [3.05, 3.63) is 39.4 Å². The van der Waals surface area contributed by atoms with Crippen LogP contribution in [-0.2, 0) is 14.3 Å². The second kappa shape index (κ2) is 9.94. The number of carbonyl (C=O) groups excluding carboxylic acids is 2. The summed E-state index contributed by atoms with van der Waals surface area (Å²) in [7, 11) is 0. The van der Waals surface area contributed by atoms with Gasteiger partial charge in [0.2, 0.25) is 5.82 Å². The molecular formula is C18H25F2NO5. The Labute approximate surface area is 151 Å². The highest BCUT2D eigenvalue weighted by atomic mass is 19.1. The predicted octanol–water partition coefficient (Wildman–Crippen LogP) is 4.55. The van der Waals surface area contributed by atoms with Gasteiger partial charge < -0.3 is 9.53 Å². The van der Waals surface area contributed by atoms with Gasteiger partial charge in [0.05, 0.1) is 10.8 Å². The van der Waals surface area contributed by atoms with E-state index in [0.717, 1.165) is 12.4 Å². The van der Waals surface area contributed by atoms with Crippen LogP contribution in [0.1, 0.15) is 59.4 Å². The zero-order valence-electron chi connectivity index (χ0n) is 15.8. The summed E-state index contributed by atoms with van der Waals surface area (Å²) < 4.78 is 31.8. The summed E-state index contributed by atoms with van der Waals surface area (Å²) in [5, 5.41) is 10.9. The molecule has 1 rings (SSSR count). The van der Waals surface area contributed by atoms with E-state index < -0.39 is 39.7 Å². The molecule has 0 saturated carbocycles. The third-order valence-corrected chi connectivity index (χ3v) is 3.03. The Morgan fingerprint density at radius 1 is 1.27 bits per heavy atom. The maximum Gasteiger partial charge on any atom is 0.313 e. The molecule has 1 atom stereocenters. The summed E-state index contributed by atoms with van der Waals surface area (Å²) >= 11 is 0. The molecule has 0 N–H and O–H groups in total. The lowest BCUT2D eigenvalue weighted by atomic mass is 9.98. The number of ether oxygens (including phenoxy) is 1. The first-order valence-corrected chi connectivity index (χ1v) is 8.10. The van der Waals surface area contributed by atoms with Crippen LogP contribution in [0.5, 0.6) is 0 Å². The molecule has 0 aliphatic heterocycles. The van der Waals surface area contributed by atoms with Crippen LogP contribution in [-0.4, -0.2) is 22.8 Å². The van der Waals surface area contributed by atoms with Crippen LogP contribution in [0, 0.1) is 27.7 Å². The van der Waals surface area contributed by atoms with Crippen molar-refractivity contribution >= 4 is 17.9 Å². The van der Waals surface area contributed by atoms with Gasteiger partial charge >= 0.3 is 11.7 Å². The van der Waals surface area contributed by atoms with Crippen molar-refractivity contribution in [2.45, 2.75) is 59.5 Å². The number of benzene rings is 1. The molecule has 0 radical (unpaired) electrons. The quantitative estimate of drug-likeness (QED) is 0.327. The standard InChI is InChI=1S/C13H15F2NO4.C5H10O/c1-7(12(17)20-13(2,3)4)9-5-8(14)6-10(15)11(9)16(18)19;1-5(2)3-4-6/h5-7H,1-4H3;4-5H,3H2,1-2H3. The van der Waals surface area contributed by atoms with Crippen LogP contribution in [0.25, 0.3) is 0 Å². The fourth-order valence-electron chi connectivity index (χ4n) is 1.82. The van der Waals surface area contributed by atoms with Crippen molar-refractivity contribution in [3.8, 4) is 0 Å². The van der Waals surface area contributed by atoms with Crippen molar-refractivity contribution in [2.75, 3.05) is 0 Å². The molecule has 0 aliphatic rings. The molecule has 1 unspecified atom stereocenters. The number of halogens is 2. The van der Waals surface area contributed by atoms with Crippen molar-refractivity contribution in [1.82, 2.24) is 0 Å². The summed E-state index contributed by atoms with van der Waals surface area (Å²) in [6.45, 7) is 10.2. The Kier molecular flexibility index (Phi) is 9.03. The number of hydrogen-bond donors (Lipinski definition) is 0. The maximum absolute atomic E-state index is 13.5. The lowest BCUT2D eigenvalue weighted by molar-refractivity contribution is -0.388. The molecule has 0 aromatic heterocycles. The minimum atomic E-state index is -1.32. The number of aldehydes is 1. The normalized spacial score (nSPS) is 12.0. The highest BCUT2D eigenvalue weighted by molar-refractivity contribution is 5.79. The second-order valence-electron chi connectivity index (χ2n) is 7.13. The second-order valence-corrected chi connectivity index (χ2v) is 7.13. The largest absolute Gasteiger partial charge is 0.460 e. The van der Waals surface area contributed by atoms with E-state index in [2.05, 4.69) is 0 Å². The monoisotopic (exact) mass is 373 g/mol. The lowest BCUT2D eigenvalue weighted by Crippen LogP contribution is -2.27. The Hall–Kier alpha value is -2.38. The molecule has 6 nitrogen and oxygen atoms in total. The smallest absolute Gasteiger partial charge is 0.313 e. The van der Waals surface area contributed by atoms with E-state index in [-0.39, 0.29) is 5.56 Å². The first-order chi connectivity index (χ1) is 11.8. The average molecular weight is 373 g/mol. The van der Waals surface area contributed by atoms with Crippen LogP contribution in [0.3, 0.4) is 0 Å². The Bertz CT molecular complexity index is 654. The summed E-state index contributed by atoms with van der Waals surface area (Å²) in [4.78, 5) is 31.4. The van der Waals surface area contributed by atoms with Gasteiger partial charge in [-0.25, -0.2) is 4.39 Å². The zero-order chi connectivity index (χ0) is 20.7. The number of carbonyl (C=O) groups is 2. The topological polar surface area (TPSA) is 86.5 Å². The SMILES string of the molecule is CC(C(=O)OC(C)(C)C)c1cc(F)cc(F)c1[N+](=O)[O-].CC(C)CC=O. The Balaban J connectivity index is 0.000000896. The fraction of sp³-hybridized carbons (Fsp3) is 0.556. The molecule has 1 aromatic rings. The van der Waals surface area contributed by atoms with E-state index in [4.69, 9.17) is 4.74 Å². The number of esters is 1. The number of nitro groups is 1. The van der Waals surface area contributed by atoms with Gasteiger partial charge in [-0.2, -0.15) is 4.39 Å². The van der Waals surface area contributed by atoms with Crippen LogP contribution >= 0.6 is 0 Å². The Morgan fingerprint density at radius 3 is 2.15 bits per heavy atom. The molecule has 0 fully saturated rings. The van der Waals surface area contributed by atoms with Gasteiger partial charge in [0.15, 0.2) is 0 Å². The van der Waals surface area contributed by atoms with E-state index >= 15 is 0 Å². The van der Waals surface area contributed by atoms with Gasteiger partial charge in [-0.05, 0) is 39.7 Å². The van der Waals surface area contributed by atoms with Crippen LogP contribution in [0.15, 0.2) is 12.1 Å². The van der Waals surface area contributed by atoms with E-state index in [1.165, 1.54) is 6.92 Å². The molecule has 0 saturated heterocycles. The minimum Gasteiger partial charge on any atom is -0.460 e. The molecular weight excluding hydrogens is 348 g/mol. The van der Waals surface area contributed by atoms with E-state index in [1.807, 2.05) is 13.8 Å². The number of hydrogen-bond acceptors (Lipinski definition) is 5. The number of nitrogens with zero attached hydrogens (tertiary/aromatic N) is 1. The lowest BCUT2D eigenvalue weighted by Gasteiger charge is -2.22. The van der Waals surface area contributed by atoms with Crippen molar-refractivity contribution in [2.24, 2.45) is 5.92 Å². The van der Waals surface area contributed by atoms with E-state index in [1.54, 1.807) is 20.8 Å². The first kappa shape index (κ1) is 23.6. The van der Waals surface area contributed by atoms with E-state index in [0.29, 0.717) is 18.4 Å². The van der Waals surface area contributed by atoms with Gasteiger partial charge in [0.1, 0.15) is 17.7 Å². The molecule has 26 heavy (non-hydrogen) atoms. The number of nitro benzene ring substituents is 1. The Morgan fingerprint density at radius 2 is 1.81 bits per heavy atom. The third kappa shape index (κ3) is 8.13. The summed E-state index contributed by atoms with van der Waals surface area (Å²) in [5.41, 5.74) is -2.06. The number of rotatable bonds is 5. The van der Waals surface area contributed by atoms with Crippen LogP contribution in [0.2, 0.25) is 0 Å². The van der Waals surface area contributed by atoms with Gasteiger partial charge in [-0.1, -0.05) is 13.8 Å². The third-order valence-electron chi connectivity index (χ3n) is 3.03. The maximum atomic E-state index is 13.5. The summed E-state index contributed by atoms with van der Waals surface area (Å²) in [5.74, 6) is -3.72.